The Bertz CT molecular complexity index is 1650. The lowest BCUT2D eigenvalue weighted by molar-refractivity contribution is -0.531. The molecular weight excluding hydrogens is 510 g/mol. The number of benzene rings is 1. The Morgan fingerprint density at radius 1 is 1.00 bits per heavy atom. The van der Waals surface area contributed by atoms with Gasteiger partial charge in [-0.25, -0.2) is 18.7 Å². The number of hydrogen-bond acceptors (Lipinski definition) is 6. The van der Waals surface area contributed by atoms with Crippen molar-refractivity contribution in [3.05, 3.63) is 77.3 Å². The van der Waals surface area contributed by atoms with Crippen LogP contribution >= 0.6 is 0 Å². The van der Waals surface area contributed by atoms with Gasteiger partial charge in [0.15, 0.2) is 11.3 Å². The SMILES string of the molecule is CC1=Nc2c(F)cc(-c3cc(Cc4ncc(CN5CCC6CCCOC6C5)cn4)ncc3F)c3ccc(C)[n+]1c23. The molecule has 2 unspecified atom stereocenters. The van der Waals surface area contributed by atoms with Crippen LogP contribution in [0, 0.1) is 24.5 Å². The monoisotopic (exact) mass is 541 g/mol. The van der Waals surface area contributed by atoms with Crippen LogP contribution in [0.5, 0.6) is 0 Å². The molecule has 204 valence electrons. The summed E-state index contributed by atoms with van der Waals surface area (Å²) in [5.41, 5.74) is 4.31. The smallest absolute Gasteiger partial charge is 0.301 e. The van der Waals surface area contributed by atoms with Crippen LogP contribution in [-0.2, 0) is 17.7 Å². The minimum Gasteiger partial charge on any atom is -0.377 e. The molecule has 9 heteroatoms. The minimum absolute atomic E-state index is 0.291. The van der Waals surface area contributed by atoms with Crippen LogP contribution < -0.4 is 4.57 Å². The predicted octanol–water partition coefficient (Wildman–Crippen LogP) is 5.07. The Morgan fingerprint density at radius 3 is 2.70 bits per heavy atom. The van der Waals surface area contributed by atoms with Crippen LogP contribution in [0.1, 0.15) is 49.0 Å². The number of aliphatic imine (C=N–C) groups is 1. The van der Waals surface area contributed by atoms with Gasteiger partial charge in [-0.15, -0.1) is 0 Å². The summed E-state index contributed by atoms with van der Waals surface area (Å²) in [7, 11) is 0. The van der Waals surface area contributed by atoms with Crippen molar-refractivity contribution in [2.24, 2.45) is 10.9 Å². The number of hydrogen-bond donors (Lipinski definition) is 0. The summed E-state index contributed by atoms with van der Waals surface area (Å²) in [6.45, 7) is 7.47. The lowest BCUT2D eigenvalue weighted by Gasteiger charge is -2.41. The first-order valence-electron chi connectivity index (χ1n) is 14.0. The van der Waals surface area contributed by atoms with Gasteiger partial charge in [0.2, 0.25) is 0 Å². The molecule has 2 atom stereocenters. The van der Waals surface area contributed by atoms with Crippen LogP contribution in [0.2, 0.25) is 0 Å². The Hall–Kier alpha value is -3.69. The summed E-state index contributed by atoms with van der Waals surface area (Å²) < 4.78 is 38.2. The quantitative estimate of drug-likeness (QED) is 0.330. The molecule has 1 aromatic carbocycles. The van der Waals surface area contributed by atoms with E-state index in [9.17, 15) is 0 Å². The van der Waals surface area contributed by atoms with Gasteiger partial charge in [0.1, 0.15) is 17.3 Å². The van der Waals surface area contributed by atoms with Crippen molar-refractivity contribution in [1.82, 2.24) is 19.9 Å². The molecule has 0 bridgehead atoms. The lowest BCUT2D eigenvalue weighted by atomic mass is 9.87. The Labute approximate surface area is 231 Å². The third kappa shape index (κ3) is 4.47. The minimum atomic E-state index is -0.511. The molecule has 0 amide bonds. The van der Waals surface area contributed by atoms with Crippen LogP contribution in [0.3, 0.4) is 0 Å². The molecule has 0 radical (unpaired) electrons. The van der Waals surface area contributed by atoms with Gasteiger partial charge in [0, 0.05) is 61.2 Å². The van der Waals surface area contributed by atoms with Crippen molar-refractivity contribution >= 4 is 22.4 Å². The molecule has 7 rings (SSSR count). The number of aromatic nitrogens is 4. The average Bonchev–Trinajstić information content (AvgIpc) is 3.32. The lowest BCUT2D eigenvalue weighted by Crippen LogP contribution is -2.46. The number of aryl methyl sites for hydroxylation is 1. The summed E-state index contributed by atoms with van der Waals surface area (Å²) >= 11 is 0. The molecule has 3 aromatic heterocycles. The highest BCUT2D eigenvalue weighted by Gasteiger charge is 2.33. The fourth-order valence-corrected chi connectivity index (χ4v) is 6.48. The number of nitrogens with zero attached hydrogens (tertiary/aromatic N) is 6. The van der Waals surface area contributed by atoms with E-state index in [0.717, 1.165) is 42.9 Å². The summed E-state index contributed by atoms with van der Waals surface area (Å²) in [4.78, 5) is 20.3. The van der Waals surface area contributed by atoms with Crippen molar-refractivity contribution in [3.63, 3.8) is 0 Å². The highest BCUT2D eigenvalue weighted by atomic mass is 19.1. The van der Waals surface area contributed by atoms with E-state index in [4.69, 9.17) is 4.74 Å². The molecule has 0 N–H and O–H groups in total. The second-order valence-corrected chi connectivity index (χ2v) is 11.2. The highest BCUT2D eigenvalue weighted by molar-refractivity contribution is 6.03. The van der Waals surface area contributed by atoms with E-state index < -0.39 is 11.6 Å². The number of likely N-dealkylation sites (tertiary alicyclic amines) is 1. The molecule has 2 saturated heterocycles. The van der Waals surface area contributed by atoms with Gasteiger partial charge < -0.3 is 4.74 Å². The number of pyridine rings is 2. The van der Waals surface area contributed by atoms with Gasteiger partial charge in [-0.3, -0.25) is 9.88 Å². The van der Waals surface area contributed by atoms with E-state index in [1.165, 1.54) is 31.5 Å². The third-order valence-corrected chi connectivity index (χ3v) is 8.47. The van der Waals surface area contributed by atoms with Crippen LogP contribution in [0.4, 0.5) is 14.5 Å². The number of fused-ring (bicyclic) bond motifs is 1. The zero-order chi connectivity index (χ0) is 27.4. The molecule has 0 aliphatic carbocycles. The largest absolute Gasteiger partial charge is 0.377 e. The van der Waals surface area contributed by atoms with Gasteiger partial charge in [0.25, 0.3) is 5.69 Å². The Kier molecular flexibility index (Phi) is 6.35. The molecular formula is C31H31F2N6O+. The second-order valence-electron chi connectivity index (χ2n) is 11.2. The molecule has 40 heavy (non-hydrogen) atoms. The number of rotatable bonds is 5. The van der Waals surface area contributed by atoms with Gasteiger partial charge in [-0.2, -0.15) is 4.57 Å². The molecule has 4 aromatic rings. The summed E-state index contributed by atoms with van der Waals surface area (Å²) in [5.74, 6) is 0.999. The van der Waals surface area contributed by atoms with E-state index in [1.807, 2.05) is 42.9 Å². The first-order chi connectivity index (χ1) is 19.4. The molecule has 0 saturated carbocycles. The van der Waals surface area contributed by atoms with E-state index in [-0.39, 0.29) is 0 Å². The van der Waals surface area contributed by atoms with Crippen molar-refractivity contribution in [3.8, 4) is 11.1 Å². The van der Waals surface area contributed by atoms with Gasteiger partial charge in [-0.1, -0.05) is 0 Å². The molecule has 6 heterocycles. The third-order valence-electron chi connectivity index (χ3n) is 8.47. The first-order valence-corrected chi connectivity index (χ1v) is 14.0. The molecule has 0 spiro atoms. The van der Waals surface area contributed by atoms with E-state index in [1.54, 1.807) is 6.07 Å². The van der Waals surface area contributed by atoms with Crippen LogP contribution in [0.15, 0.2) is 47.8 Å². The Balaban J connectivity index is 1.12. The number of ether oxygens (including phenoxy) is 1. The first kappa shape index (κ1) is 25.3. The topological polar surface area (TPSA) is 67.4 Å². The van der Waals surface area contributed by atoms with E-state index >= 15 is 8.78 Å². The summed E-state index contributed by atoms with van der Waals surface area (Å²) in [6.07, 6.45) is 9.23. The van der Waals surface area contributed by atoms with Crippen molar-refractivity contribution in [1.29, 1.82) is 0 Å². The molecule has 2 fully saturated rings. The van der Waals surface area contributed by atoms with Crippen LogP contribution in [-0.4, -0.2) is 51.5 Å². The zero-order valence-corrected chi connectivity index (χ0v) is 22.7. The number of halogens is 2. The van der Waals surface area contributed by atoms with Crippen molar-refractivity contribution < 1.29 is 18.1 Å². The fraction of sp³-hybridized carbons (Fsp3) is 0.387. The summed E-state index contributed by atoms with van der Waals surface area (Å²) in [6, 6.07) is 6.88. The second kappa shape index (κ2) is 10.1. The maximum Gasteiger partial charge on any atom is 0.301 e. The van der Waals surface area contributed by atoms with E-state index in [2.05, 4.69) is 24.8 Å². The average molecular weight is 542 g/mol. The standard InChI is InChI=1S/C31H31F2N6O/c1-18-5-6-23-24(12-26(32)30-31(23)39(18)19(2)37-30)25-10-22(34-15-27(25)33)11-29-35-13-20(14-36-29)16-38-8-7-21-4-3-9-40-28(21)17-38/h5-6,10,12-15,21,28H,3-4,7-9,11,16-17H2,1-2H3/q+1. The maximum absolute atomic E-state index is 15.2. The molecule has 7 nitrogen and oxygen atoms in total. The Morgan fingerprint density at radius 2 is 1.85 bits per heavy atom. The van der Waals surface area contributed by atoms with Gasteiger partial charge >= 0.3 is 5.84 Å². The van der Waals surface area contributed by atoms with Gasteiger partial charge in [-0.05, 0) is 73.5 Å². The van der Waals surface area contributed by atoms with Crippen LogP contribution in [0.25, 0.3) is 22.0 Å². The van der Waals surface area contributed by atoms with Crippen molar-refractivity contribution in [2.45, 2.75) is 52.2 Å². The predicted molar refractivity (Wildman–Crippen MR) is 147 cm³/mol. The number of piperidine rings is 1. The summed E-state index contributed by atoms with van der Waals surface area (Å²) in [5, 5.41) is 0.738. The van der Waals surface area contributed by atoms with Gasteiger partial charge in [0.05, 0.1) is 18.7 Å². The van der Waals surface area contributed by atoms with E-state index in [0.29, 0.717) is 58.1 Å². The molecule has 3 aliphatic rings. The molecule has 3 aliphatic heterocycles. The van der Waals surface area contributed by atoms with Crippen molar-refractivity contribution in [2.75, 3.05) is 19.7 Å². The highest BCUT2D eigenvalue weighted by Crippen LogP contribution is 2.38. The maximum atomic E-state index is 15.2. The fourth-order valence-electron chi connectivity index (χ4n) is 6.48. The zero-order valence-electron chi connectivity index (χ0n) is 22.7. The normalized spacial score (nSPS) is 20.6.